The predicted octanol–water partition coefficient (Wildman–Crippen LogP) is 3.53. The van der Waals surface area contributed by atoms with Crippen LogP contribution >= 0.6 is 11.8 Å². The van der Waals surface area contributed by atoms with Gasteiger partial charge in [-0.3, -0.25) is 9.78 Å². The van der Waals surface area contributed by atoms with Crippen LogP contribution in [-0.2, 0) is 12.8 Å². The molecule has 0 saturated heterocycles. The summed E-state index contributed by atoms with van der Waals surface area (Å²) in [5.74, 6) is 1.04. The third kappa shape index (κ3) is 4.05. The van der Waals surface area contributed by atoms with Gasteiger partial charge in [0.25, 0.3) is 5.56 Å². The lowest BCUT2D eigenvalue weighted by Crippen LogP contribution is -2.20. The molecule has 0 aliphatic rings. The summed E-state index contributed by atoms with van der Waals surface area (Å²) in [6, 6.07) is 16.2. The van der Waals surface area contributed by atoms with Gasteiger partial charge in [-0.15, -0.1) is 15.3 Å². The number of tetrazole rings is 1. The van der Waals surface area contributed by atoms with Gasteiger partial charge in [-0.1, -0.05) is 73.6 Å². The van der Waals surface area contributed by atoms with Gasteiger partial charge in [-0.2, -0.15) is 10.2 Å². The zero-order valence-electron chi connectivity index (χ0n) is 18.2. The first-order chi connectivity index (χ1) is 16.2. The van der Waals surface area contributed by atoms with Crippen molar-refractivity contribution in [1.82, 2.24) is 40.2 Å². The number of aromatic amines is 2. The Labute approximate surface area is 193 Å². The van der Waals surface area contributed by atoms with Crippen molar-refractivity contribution in [2.45, 2.75) is 31.3 Å². The molecule has 166 valence electrons. The summed E-state index contributed by atoms with van der Waals surface area (Å²) in [4.78, 5) is 20.2. The van der Waals surface area contributed by atoms with Crippen molar-refractivity contribution in [2.75, 3.05) is 6.26 Å². The van der Waals surface area contributed by atoms with E-state index in [2.05, 4.69) is 66.9 Å². The SMILES string of the molecule is CCCc1c(Cc2ccc(-c3ccccc3-c3nn[nH]n3)cc2)c(=O)[nH]c2nc(SC)nn12. The third-order valence-corrected chi connectivity index (χ3v) is 6.06. The molecule has 2 N–H and O–H groups in total. The molecule has 3 aromatic heterocycles. The molecule has 33 heavy (non-hydrogen) atoms. The van der Waals surface area contributed by atoms with Crippen LogP contribution in [0.25, 0.3) is 28.3 Å². The first kappa shape index (κ1) is 21.1. The Hall–Kier alpha value is -3.79. The maximum atomic E-state index is 12.9. The van der Waals surface area contributed by atoms with Gasteiger partial charge in [0.1, 0.15) is 0 Å². The lowest BCUT2D eigenvalue weighted by Gasteiger charge is -2.11. The van der Waals surface area contributed by atoms with Gasteiger partial charge in [-0.05, 0) is 34.6 Å². The van der Waals surface area contributed by atoms with Crippen LogP contribution in [0.15, 0.2) is 58.5 Å². The van der Waals surface area contributed by atoms with Crippen molar-refractivity contribution >= 4 is 17.5 Å². The van der Waals surface area contributed by atoms with E-state index >= 15 is 0 Å². The molecule has 5 rings (SSSR count). The fraction of sp³-hybridized carbons (Fsp3) is 0.217. The molecule has 0 atom stereocenters. The fourth-order valence-corrected chi connectivity index (χ4v) is 4.31. The molecule has 0 aliphatic carbocycles. The van der Waals surface area contributed by atoms with E-state index in [-0.39, 0.29) is 5.56 Å². The van der Waals surface area contributed by atoms with Crippen LogP contribution in [-0.4, -0.2) is 46.5 Å². The van der Waals surface area contributed by atoms with Crippen LogP contribution in [0.5, 0.6) is 0 Å². The number of benzene rings is 2. The molecule has 0 fully saturated rings. The average molecular weight is 459 g/mol. The van der Waals surface area contributed by atoms with Gasteiger partial charge < -0.3 is 0 Å². The molecule has 10 heteroatoms. The van der Waals surface area contributed by atoms with Gasteiger partial charge in [-0.25, -0.2) is 4.52 Å². The van der Waals surface area contributed by atoms with Gasteiger partial charge in [0.2, 0.25) is 16.8 Å². The summed E-state index contributed by atoms with van der Waals surface area (Å²) in [6.07, 6.45) is 4.10. The van der Waals surface area contributed by atoms with Crippen LogP contribution < -0.4 is 5.56 Å². The minimum Gasteiger partial charge on any atom is -0.290 e. The molecule has 0 aliphatic heterocycles. The monoisotopic (exact) mass is 458 g/mol. The molecule has 0 radical (unpaired) electrons. The Bertz CT molecular complexity index is 1450. The van der Waals surface area contributed by atoms with E-state index in [1.165, 1.54) is 11.8 Å². The number of H-pyrrole nitrogens is 2. The van der Waals surface area contributed by atoms with Crippen LogP contribution in [0.4, 0.5) is 0 Å². The fourth-order valence-electron chi connectivity index (χ4n) is 3.97. The molecule has 5 aromatic rings. The Morgan fingerprint density at radius 2 is 1.85 bits per heavy atom. The van der Waals surface area contributed by atoms with Gasteiger partial charge in [0, 0.05) is 17.5 Å². The summed E-state index contributed by atoms with van der Waals surface area (Å²) in [5, 5.41) is 19.6. The molecule has 0 bridgehead atoms. The summed E-state index contributed by atoms with van der Waals surface area (Å²) in [7, 11) is 0. The lowest BCUT2D eigenvalue weighted by molar-refractivity contribution is 0.755. The molecule has 0 amide bonds. The number of fused-ring (bicyclic) bond motifs is 1. The lowest BCUT2D eigenvalue weighted by atomic mass is 9.96. The number of aromatic nitrogens is 8. The van der Waals surface area contributed by atoms with Crippen molar-refractivity contribution in [3.05, 3.63) is 75.7 Å². The molecular weight excluding hydrogens is 436 g/mol. The van der Waals surface area contributed by atoms with Crippen molar-refractivity contribution in [1.29, 1.82) is 0 Å². The highest BCUT2D eigenvalue weighted by Gasteiger charge is 2.16. The molecule has 9 nitrogen and oxygen atoms in total. The first-order valence-electron chi connectivity index (χ1n) is 10.6. The van der Waals surface area contributed by atoms with Crippen LogP contribution in [0, 0.1) is 0 Å². The summed E-state index contributed by atoms with van der Waals surface area (Å²) >= 11 is 1.46. The first-order valence-corrected chi connectivity index (χ1v) is 11.9. The van der Waals surface area contributed by atoms with Crippen molar-refractivity contribution < 1.29 is 0 Å². The highest BCUT2D eigenvalue weighted by atomic mass is 32.2. The van der Waals surface area contributed by atoms with E-state index < -0.39 is 0 Å². The van der Waals surface area contributed by atoms with Gasteiger partial charge in [0.05, 0.1) is 5.69 Å². The average Bonchev–Trinajstić information content (AvgIpc) is 3.52. The van der Waals surface area contributed by atoms with E-state index in [0.717, 1.165) is 46.4 Å². The number of nitrogens with zero attached hydrogens (tertiary/aromatic N) is 6. The second-order valence-electron chi connectivity index (χ2n) is 7.62. The molecule has 2 aromatic carbocycles. The minimum absolute atomic E-state index is 0.113. The molecule has 3 heterocycles. The summed E-state index contributed by atoms with van der Waals surface area (Å²) < 4.78 is 1.78. The van der Waals surface area contributed by atoms with Crippen molar-refractivity contribution in [2.24, 2.45) is 0 Å². The van der Waals surface area contributed by atoms with E-state index in [4.69, 9.17) is 0 Å². The molecule has 0 unspecified atom stereocenters. The van der Waals surface area contributed by atoms with E-state index in [9.17, 15) is 4.79 Å². The quantitative estimate of drug-likeness (QED) is 0.358. The second kappa shape index (κ2) is 8.99. The van der Waals surface area contributed by atoms with Gasteiger partial charge in [0.15, 0.2) is 0 Å². The van der Waals surface area contributed by atoms with Gasteiger partial charge >= 0.3 is 0 Å². The number of hydrogen-bond acceptors (Lipinski definition) is 7. The zero-order chi connectivity index (χ0) is 22.8. The zero-order valence-corrected chi connectivity index (χ0v) is 19.1. The number of aryl methyl sites for hydroxylation is 1. The maximum Gasteiger partial charge on any atom is 0.256 e. The van der Waals surface area contributed by atoms with Crippen LogP contribution in [0.1, 0.15) is 30.2 Å². The third-order valence-electron chi connectivity index (χ3n) is 5.52. The summed E-state index contributed by atoms with van der Waals surface area (Å²) in [5.41, 5.74) is 5.53. The minimum atomic E-state index is -0.113. The Morgan fingerprint density at radius 3 is 2.55 bits per heavy atom. The van der Waals surface area contributed by atoms with Crippen LogP contribution in [0.2, 0.25) is 0 Å². The normalized spacial score (nSPS) is 11.3. The molecular formula is C23H22N8OS. The number of nitrogens with one attached hydrogen (secondary N) is 2. The highest BCUT2D eigenvalue weighted by molar-refractivity contribution is 7.98. The van der Waals surface area contributed by atoms with Crippen LogP contribution in [0.3, 0.4) is 0 Å². The Morgan fingerprint density at radius 1 is 1.06 bits per heavy atom. The van der Waals surface area contributed by atoms with E-state index in [1.807, 2.05) is 30.5 Å². The molecule has 0 saturated carbocycles. The number of rotatable bonds is 7. The summed E-state index contributed by atoms with van der Waals surface area (Å²) in [6.45, 7) is 2.10. The van der Waals surface area contributed by atoms with E-state index in [0.29, 0.717) is 23.2 Å². The Kier molecular flexibility index (Phi) is 5.74. The van der Waals surface area contributed by atoms with Crippen molar-refractivity contribution in [3.8, 4) is 22.5 Å². The molecule has 0 spiro atoms. The van der Waals surface area contributed by atoms with Crippen molar-refractivity contribution in [3.63, 3.8) is 0 Å². The number of thioether (sulfide) groups is 1. The maximum absolute atomic E-state index is 12.9. The largest absolute Gasteiger partial charge is 0.290 e. The smallest absolute Gasteiger partial charge is 0.256 e. The topological polar surface area (TPSA) is 118 Å². The predicted molar refractivity (Wildman–Crippen MR) is 127 cm³/mol. The second-order valence-corrected chi connectivity index (χ2v) is 8.39. The standard InChI is InChI=1S/C23H22N8OS/c1-3-6-19-18(21(32)24-22-25-23(33-2)28-31(19)22)13-14-9-11-15(12-10-14)16-7-4-5-8-17(16)20-26-29-30-27-20/h4-5,7-12H,3,6,13H2,1-2H3,(H,24,25,28,32)(H,26,27,29,30). The number of hydrogen-bond donors (Lipinski definition) is 2. The highest BCUT2D eigenvalue weighted by Crippen LogP contribution is 2.30. The van der Waals surface area contributed by atoms with E-state index in [1.54, 1.807) is 4.52 Å². The Balaban J connectivity index is 1.50.